The normalized spacial score (nSPS) is 20.9. The number of rotatable bonds is 2. The third-order valence-corrected chi connectivity index (χ3v) is 3.36. The Kier molecular flexibility index (Phi) is 4.04. The Hall–Kier alpha value is -1.23. The van der Waals surface area contributed by atoms with Crippen LogP contribution in [0.3, 0.4) is 0 Å². The SMILES string of the molecule is CC(C)c1ccc(N2CCOC(C(F)(F)F)C2)cc1. The first kappa shape index (κ1) is 14.2. The van der Waals surface area contributed by atoms with Crippen molar-refractivity contribution in [3.05, 3.63) is 29.8 Å². The molecule has 2 rings (SSSR count). The number of halogens is 3. The molecule has 106 valence electrons. The van der Waals surface area contributed by atoms with E-state index in [2.05, 4.69) is 13.8 Å². The van der Waals surface area contributed by atoms with E-state index in [4.69, 9.17) is 4.74 Å². The summed E-state index contributed by atoms with van der Waals surface area (Å²) in [7, 11) is 0. The van der Waals surface area contributed by atoms with Crippen LogP contribution in [-0.2, 0) is 4.74 Å². The number of nitrogens with zero attached hydrogens (tertiary/aromatic N) is 1. The van der Waals surface area contributed by atoms with E-state index in [-0.39, 0.29) is 13.2 Å². The highest BCUT2D eigenvalue weighted by atomic mass is 19.4. The minimum atomic E-state index is -4.30. The molecule has 1 fully saturated rings. The topological polar surface area (TPSA) is 12.5 Å². The molecular weight excluding hydrogens is 255 g/mol. The maximum absolute atomic E-state index is 12.6. The van der Waals surface area contributed by atoms with E-state index in [0.717, 1.165) is 5.69 Å². The molecule has 0 spiro atoms. The fraction of sp³-hybridized carbons (Fsp3) is 0.571. The molecule has 0 aromatic heterocycles. The van der Waals surface area contributed by atoms with Crippen LogP contribution in [0.5, 0.6) is 0 Å². The smallest absolute Gasteiger partial charge is 0.366 e. The lowest BCUT2D eigenvalue weighted by atomic mass is 10.0. The third-order valence-electron chi connectivity index (χ3n) is 3.36. The first-order valence-electron chi connectivity index (χ1n) is 6.41. The quantitative estimate of drug-likeness (QED) is 0.816. The van der Waals surface area contributed by atoms with Gasteiger partial charge in [-0.2, -0.15) is 13.2 Å². The van der Waals surface area contributed by atoms with Crippen molar-refractivity contribution in [1.29, 1.82) is 0 Å². The number of hydrogen-bond donors (Lipinski definition) is 0. The molecule has 1 aliphatic heterocycles. The average molecular weight is 273 g/mol. The van der Waals surface area contributed by atoms with Crippen molar-refractivity contribution in [2.75, 3.05) is 24.6 Å². The molecule has 0 radical (unpaired) electrons. The highest BCUT2D eigenvalue weighted by Crippen LogP contribution is 2.28. The van der Waals surface area contributed by atoms with Crippen LogP contribution in [0.15, 0.2) is 24.3 Å². The summed E-state index contributed by atoms with van der Waals surface area (Å²) in [5, 5.41) is 0. The van der Waals surface area contributed by atoms with Crippen molar-refractivity contribution in [2.24, 2.45) is 0 Å². The molecule has 0 amide bonds. The van der Waals surface area contributed by atoms with E-state index >= 15 is 0 Å². The van der Waals surface area contributed by atoms with Crippen molar-refractivity contribution in [3.63, 3.8) is 0 Å². The second kappa shape index (κ2) is 5.41. The first-order valence-corrected chi connectivity index (χ1v) is 6.41. The first-order chi connectivity index (χ1) is 8.88. The molecule has 1 aliphatic rings. The third kappa shape index (κ3) is 3.41. The van der Waals surface area contributed by atoms with E-state index in [9.17, 15) is 13.2 Å². The average Bonchev–Trinajstić information content (AvgIpc) is 2.38. The van der Waals surface area contributed by atoms with Gasteiger partial charge in [-0.25, -0.2) is 0 Å². The predicted octanol–water partition coefficient (Wildman–Crippen LogP) is 3.58. The predicted molar refractivity (Wildman–Crippen MR) is 68.5 cm³/mol. The standard InChI is InChI=1S/C14H18F3NO/c1-10(2)11-3-5-12(6-4-11)18-7-8-19-13(9-18)14(15,16)17/h3-6,10,13H,7-9H2,1-2H3. The molecule has 2 nitrogen and oxygen atoms in total. The summed E-state index contributed by atoms with van der Waals surface area (Å²) in [6.07, 6.45) is -5.98. The molecule has 0 aliphatic carbocycles. The van der Waals surface area contributed by atoms with Gasteiger partial charge in [-0.05, 0) is 23.6 Å². The number of ether oxygens (including phenoxy) is 1. The van der Waals surface area contributed by atoms with Crippen molar-refractivity contribution < 1.29 is 17.9 Å². The van der Waals surface area contributed by atoms with Gasteiger partial charge in [0.2, 0.25) is 0 Å². The molecule has 5 heteroatoms. The van der Waals surface area contributed by atoms with Crippen molar-refractivity contribution in [3.8, 4) is 0 Å². The maximum atomic E-state index is 12.6. The summed E-state index contributed by atoms with van der Waals surface area (Å²) in [6, 6.07) is 7.71. The van der Waals surface area contributed by atoms with Crippen LogP contribution >= 0.6 is 0 Å². The van der Waals surface area contributed by atoms with Gasteiger partial charge in [0.1, 0.15) is 0 Å². The van der Waals surface area contributed by atoms with E-state index in [1.54, 1.807) is 4.90 Å². The zero-order valence-electron chi connectivity index (χ0n) is 11.1. The summed E-state index contributed by atoms with van der Waals surface area (Å²) in [6.45, 7) is 4.64. The van der Waals surface area contributed by atoms with Gasteiger partial charge < -0.3 is 9.64 Å². The Morgan fingerprint density at radius 3 is 2.37 bits per heavy atom. The van der Waals surface area contributed by atoms with Crippen LogP contribution in [-0.4, -0.2) is 32.0 Å². The number of benzene rings is 1. The summed E-state index contributed by atoms with van der Waals surface area (Å²) < 4.78 is 42.7. The van der Waals surface area contributed by atoms with Gasteiger partial charge in [-0.3, -0.25) is 0 Å². The molecule has 1 heterocycles. The minimum Gasteiger partial charge on any atom is -0.366 e. The van der Waals surface area contributed by atoms with E-state index in [1.165, 1.54) is 5.56 Å². The molecule has 1 unspecified atom stereocenters. The van der Waals surface area contributed by atoms with Crippen LogP contribution < -0.4 is 4.90 Å². The Labute approximate surface area is 111 Å². The molecule has 1 saturated heterocycles. The fourth-order valence-electron chi connectivity index (χ4n) is 2.15. The van der Waals surface area contributed by atoms with Gasteiger partial charge in [0.15, 0.2) is 6.10 Å². The van der Waals surface area contributed by atoms with Crippen molar-refractivity contribution >= 4 is 5.69 Å². The molecule has 0 saturated carbocycles. The summed E-state index contributed by atoms with van der Waals surface area (Å²) in [4.78, 5) is 1.73. The summed E-state index contributed by atoms with van der Waals surface area (Å²) in [5.41, 5.74) is 2.01. The number of hydrogen-bond acceptors (Lipinski definition) is 2. The van der Waals surface area contributed by atoms with Gasteiger partial charge in [0.05, 0.1) is 13.2 Å². The van der Waals surface area contributed by atoms with Crippen LogP contribution in [0, 0.1) is 0 Å². The van der Waals surface area contributed by atoms with Crippen LogP contribution in [0.25, 0.3) is 0 Å². The second-order valence-electron chi connectivity index (χ2n) is 5.09. The molecule has 1 aromatic carbocycles. The molecule has 1 atom stereocenters. The van der Waals surface area contributed by atoms with Crippen molar-refractivity contribution in [2.45, 2.75) is 32.0 Å². The lowest BCUT2D eigenvalue weighted by Crippen LogP contribution is -2.49. The van der Waals surface area contributed by atoms with Gasteiger partial charge in [0.25, 0.3) is 0 Å². The second-order valence-corrected chi connectivity index (χ2v) is 5.09. The lowest BCUT2D eigenvalue weighted by Gasteiger charge is -2.35. The number of alkyl halides is 3. The summed E-state index contributed by atoms with van der Waals surface area (Å²) >= 11 is 0. The van der Waals surface area contributed by atoms with Gasteiger partial charge in [-0.1, -0.05) is 26.0 Å². The minimum absolute atomic E-state index is 0.107. The zero-order chi connectivity index (χ0) is 14.0. The molecule has 19 heavy (non-hydrogen) atoms. The van der Waals surface area contributed by atoms with E-state index in [1.807, 2.05) is 24.3 Å². The van der Waals surface area contributed by atoms with Crippen LogP contribution in [0.4, 0.5) is 18.9 Å². The Morgan fingerprint density at radius 1 is 1.21 bits per heavy atom. The number of morpholine rings is 1. The molecular formula is C14H18F3NO. The van der Waals surface area contributed by atoms with Gasteiger partial charge >= 0.3 is 6.18 Å². The molecule has 1 aromatic rings. The molecule has 0 N–H and O–H groups in total. The maximum Gasteiger partial charge on any atom is 0.416 e. The van der Waals surface area contributed by atoms with Gasteiger partial charge in [-0.15, -0.1) is 0 Å². The zero-order valence-corrected chi connectivity index (χ0v) is 11.1. The fourth-order valence-corrected chi connectivity index (χ4v) is 2.15. The largest absolute Gasteiger partial charge is 0.416 e. The van der Waals surface area contributed by atoms with Gasteiger partial charge in [0, 0.05) is 12.2 Å². The van der Waals surface area contributed by atoms with E-state index in [0.29, 0.717) is 12.5 Å². The highest BCUT2D eigenvalue weighted by Gasteiger charge is 2.43. The number of anilines is 1. The lowest BCUT2D eigenvalue weighted by molar-refractivity contribution is -0.221. The Morgan fingerprint density at radius 2 is 1.84 bits per heavy atom. The van der Waals surface area contributed by atoms with Crippen LogP contribution in [0.1, 0.15) is 25.3 Å². The van der Waals surface area contributed by atoms with Crippen molar-refractivity contribution in [1.82, 2.24) is 0 Å². The van der Waals surface area contributed by atoms with Crippen LogP contribution in [0.2, 0.25) is 0 Å². The molecule has 0 bridgehead atoms. The summed E-state index contributed by atoms with van der Waals surface area (Å²) in [5.74, 6) is 0.418. The highest BCUT2D eigenvalue weighted by molar-refractivity contribution is 5.48. The Balaban J connectivity index is 2.09. The Bertz CT molecular complexity index is 414. The monoisotopic (exact) mass is 273 g/mol. The van der Waals surface area contributed by atoms with E-state index < -0.39 is 12.3 Å².